The fourth-order valence-corrected chi connectivity index (χ4v) is 3.96. The highest BCUT2D eigenvalue weighted by Gasteiger charge is 2.43. The second-order valence-electron chi connectivity index (χ2n) is 7.60. The number of carbonyl (C=O) groups excluding carboxylic acids is 2. The highest BCUT2D eigenvalue weighted by molar-refractivity contribution is 6.04. The summed E-state index contributed by atoms with van der Waals surface area (Å²) in [7, 11) is 0. The Kier molecular flexibility index (Phi) is 4.61. The third kappa shape index (κ3) is 3.66. The zero-order valence-corrected chi connectivity index (χ0v) is 16.8. The molecule has 32 heavy (non-hydrogen) atoms. The van der Waals surface area contributed by atoms with Gasteiger partial charge in [-0.25, -0.2) is 0 Å². The summed E-state index contributed by atoms with van der Waals surface area (Å²) < 4.78 is 36.9. The number of aromatic nitrogens is 2. The molecule has 1 saturated heterocycles. The largest absolute Gasteiger partial charge is 0.586 e. The molecule has 0 aliphatic carbocycles. The van der Waals surface area contributed by atoms with E-state index in [1.807, 2.05) is 4.90 Å². The van der Waals surface area contributed by atoms with Crippen LogP contribution in [0.5, 0.6) is 11.5 Å². The minimum absolute atomic E-state index is 0.00123. The molecule has 2 amide bonds. The van der Waals surface area contributed by atoms with Crippen molar-refractivity contribution in [3.8, 4) is 11.5 Å². The number of benzene rings is 2. The molecule has 5 rings (SSSR count). The first-order chi connectivity index (χ1) is 15.3. The molecule has 11 heteroatoms. The van der Waals surface area contributed by atoms with Gasteiger partial charge in [-0.05, 0) is 18.2 Å². The summed E-state index contributed by atoms with van der Waals surface area (Å²) in [6, 6.07) is 9.76. The Morgan fingerprint density at radius 3 is 2.56 bits per heavy atom. The van der Waals surface area contributed by atoms with Crippen LogP contribution < -0.4 is 20.1 Å². The molecule has 3 aromatic rings. The summed E-state index contributed by atoms with van der Waals surface area (Å²) >= 11 is 0. The van der Waals surface area contributed by atoms with Crippen LogP contribution in [-0.2, 0) is 11.3 Å². The van der Waals surface area contributed by atoms with Crippen molar-refractivity contribution in [3.05, 3.63) is 48.2 Å². The summed E-state index contributed by atoms with van der Waals surface area (Å²) in [5.74, 6) is -0.690. The first-order valence-corrected chi connectivity index (χ1v) is 9.98. The number of primary amides is 1. The lowest BCUT2D eigenvalue weighted by molar-refractivity contribution is -0.286. The molecule has 0 unspecified atom stereocenters. The number of fused-ring (bicyclic) bond motifs is 2. The Bertz CT molecular complexity index is 1220. The number of nitrogens with two attached hydrogens (primary N) is 1. The zero-order valence-electron chi connectivity index (χ0n) is 16.8. The number of ether oxygens (including phenoxy) is 2. The maximum absolute atomic E-state index is 13.2. The van der Waals surface area contributed by atoms with Crippen LogP contribution in [0.15, 0.2) is 42.6 Å². The molecule has 0 atom stereocenters. The van der Waals surface area contributed by atoms with Gasteiger partial charge in [-0.3, -0.25) is 14.3 Å². The molecule has 9 nitrogen and oxygen atoms in total. The van der Waals surface area contributed by atoms with Crippen molar-refractivity contribution in [3.63, 3.8) is 0 Å². The second-order valence-corrected chi connectivity index (χ2v) is 7.60. The number of hydrogen-bond acceptors (Lipinski definition) is 6. The zero-order chi connectivity index (χ0) is 22.5. The third-order valence-electron chi connectivity index (χ3n) is 5.53. The quantitative estimate of drug-likeness (QED) is 0.660. The lowest BCUT2D eigenvalue weighted by Crippen LogP contribution is -2.49. The lowest BCUT2D eigenvalue weighted by atomic mass is 10.1. The Morgan fingerprint density at radius 1 is 1.06 bits per heavy atom. The van der Waals surface area contributed by atoms with E-state index < -0.39 is 12.2 Å². The fourth-order valence-electron chi connectivity index (χ4n) is 3.96. The van der Waals surface area contributed by atoms with Gasteiger partial charge in [-0.2, -0.15) is 5.10 Å². The Balaban J connectivity index is 1.22. The van der Waals surface area contributed by atoms with Gasteiger partial charge in [0.15, 0.2) is 11.5 Å². The predicted molar refractivity (Wildman–Crippen MR) is 110 cm³/mol. The van der Waals surface area contributed by atoms with Gasteiger partial charge >= 0.3 is 6.29 Å². The maximum Gasteiger partial charge on any atom is 0.586 e. The van der Waals surface area contributed by atoms with Crippen molar-refractivity contribution in [1.29, 1.82) is 0 Å². The van der Waals surface area contributed by atoms with Crippen LogP contribution in [0.1, 0.15) is 10.4 Å². The molecule has 2 aromatic carbocycles. The van der Waals surface area contributed by atoms with E-state index in [0.29, 0.717) is 37.3 Å². The second kappa shape index (κ2) is 7.36. The van der Waals surface area contributed by atoms with Crippen molar-refractivity contribution >= 4 is 28.4 Å². The van der Waals surface area contributed by atoms with Gasteiger partial charge in [0.2, 0.25) is 5.91 Å². The third-order valence-corrected chi connectivity index (χ3v) is 5.53. The predicted octanol–water partition coefficient (Wildman–Crippen LogP) is 1.81. The van der Waals surface area contributed by atoms with Crippen LogP contribution >= 0.6 is 0 Å². The molecule has 0 saturated carbocycles. The van der Waals surface area contributed by atoms with Gasteiger partial charge in [0.25, 0.3) is 5.91 Å². The molecule has 166 valence electrons. The fraction of sp³-hybridized carbons (Fsp3) is 0.286. The molecule has 2 aliphatic rings. The summed E-state index contributed by atoms with van der Waals surface area (Å²) in [6.45, 7) is 2.04. The monoisotopic (exact) mass is 443 g/mol. The number of alkyl halides is 2. The highest BCUT2D eigenvalue weighted by atomic mass is 19.3. The van der Waals surface area contributed by atoms with Crippen molar-refractivity contribution < 1.29 is 27.8 Å². The van der Waals surface area contributed by atoms with Crippen LogP contribution in [0.25, 0.3) is 10.9 Å². The number of hydrogen-bond donors (Lipinski definition) is 1. The van der Waals surface area contributed by atoms with E-state index in [1.165, 1.54) is 16.8 Å². The van der Waals surface area contributed by atoms with Gasteiger partial charge in [0.05, 0.1) is 5.56 Å². The Morgan fingerprint density at radius 2 is 1.81 bits per heavy atom. The van der Waals surface area contributed by atoms with E-state index in [-0.39, 0.29) is 24.0 Å². The number of anilines is 1. The number of amides is 2. The van der Waals surface area contributed by atoms with E-state index in [1.54, 1.807) is 35.4 Å². The molecular weight excluding hydrogens is 424 g/mol. The minimum atomic E-state index is -3.65. The molecule has 3 heterocycles. The van der Waals surface area contributed by atoms with Crippen molar-refractivity contribution in [2.24, 2.45) is 5.73 Å². The summed E-state index contributed by atoms with van der Waals surface area (Å²) in [4.78, 5) is 28.1. The maximum atomic E-state index is 13.2. The standard InChI is InChI=1S/C21H19F2N5O4/c22-21(23)31-16-5-4-14(10-17(16)32-21)26-6-8-27(9-7-26)18(29)12-28-11-13-2-1-3-15(20(24)30)19(13)25-28/h1-5,10-11H,6-9,12H2,(H2,24,30). The SMILES string of the molecule is NC(=O)c1cccc2cn(CC(=O)N3CCN(c4ccc5c(c4)OC(F)(F)O5)CC3)nc12. The minimum Gasteiger partial charge on any atom is -0.395 e. The summed E-state index contributed by atoms with van der Waals surface area (Å²) in [5, 5.41) is 5.08. The van der Waals surface area contributed by atoms with Crippen molar-refractivity contribution in [2.45, 2.75) is 12.8 Å². The molecular formula is C21H19F2N5O4. The summed E-state index contributed by atoms with van der Waals surface area (Å²) in [5.41, 5.74) is 6.88. The first kappa shape index (κ1) is 20.0. The van der Waals surface area contributed by atoms with E-state index in [0.717, 1.165) is 11.1 Å². The van der Waals surface area contributed by atoms with Crippen LogP contribution in [-0.4, -0.2) is 59.0 Å². The van der Waals surface area contributed by atoms with Gasteiger partial charge < -0.3 is 25.0 Å². The number of piperazine rings is 1. The van der Waals surface area contributed by atoms with Crippen LogP contribution in [0.2, 0.25) is 0 Å². The van der Waals surface area contributed by atoms with Crippen molar-refractivity contribution in [1.82, 2.24) is 14.7 Å². The van der Waals surface area contributed by atoms with E-state index in [9.17, 15) is 18.4 Å². The number of rotatable bonds is 4. The van der Waals surface area contributed by atoms with Gasteiger partial charge in [-0.1, -0.05) is 12.1 Å². The summed E-state index contributed by atoms with van der Waals surface area (Å²) in [6.07, 6.45) is -1.94. The van der Waals surface area contributed by atoms with Crippen LogP contribution in [0.3, 0.4) is 0 Å². The van der Waals surface area contributed by atoms with E-state index in [4.69, 9.17) is 5.73 Å². The number of nitrogens with zero attached hydrogens (tertiary/aromatic N) is 4. The number of carbonyl (C=O) groups is 2. The molecule has 0 spiro atoms. The first-order valence-electron chi connectivity index (χ1n) is 9.98. The van der Waals surface area contributed by atoms with Gasteiger partial charge in [0.1, 0.15) is 12.1 Å². The molecule has 0 bridgehead atoms. The molecule has 1 fully saturated rings. The molecule has 0 radical (unpaired) electrons. The number of halogens is 2. The molecule has 1 aromatic heterocycles. The normalized spacial score (nSPS) is 17.1. The van der Waals surface area contributed by atoms with Crippen LogP contribution in [0.4, 0.5) is 14.5 Å². The van der Waals surface area contributed by atoms with E-state index in [2.05, 4.69) is 14.6 Å². The average Bonchev–Trinajstić information content (AvgIpc) is 3.30. The van der Waals surface area contributed by atoms with Crippen molar-refractivity contribution in [2.75, 3.05) is 31.1 Å². The Hall–Kier alpha value is -3.89. The Labute approximate surface area is 180 Å². The lowest BCUT2D eigenvalue weighted by Gasteiger charge is -2.36. The topological polar surface area (TPSA) is 103 Å². The van der Waals surface area contributed by atoms with Crippen LogP contribution in [0, 0.1) is 0 Å². The van der Waals surface area contributed by atoms with Gasteiger partial charge in [-0.15, -0.1) is 8.78 Å². The molecule has 2 N–H and O–H groups in total. The molecule has 2 aliphatic heterocycles. The highest BCUT2D eigenvalue weighted by Crippen LogP contribution is 2.42. The average molecular weight is 443 g/mol. The van der Waals surface area contributed by atoms with E-state index >= 15 is 0 Å². The van der Waals surface area contributed by atoms with Gasteiger partial charge in [0, 0.05) is 49.5 Å². The smallest absolute Gasteiger partial charge is 0.395 e.